The Labute approximate surface area is 60.0 Å². The summed E-state index contributed by atoms with van der Waals surface area (Å²) in [5.74, 6) is -0.306. The number of nitrogens with two attached hydrogens (primary N) is 1. The van der Waals surface area contributed by atoms with Gasteiger partial charge in [0.1, 0.15) is 12.2 Å². The Kier molecular flexibility index (Phi) is 1.76. The number of aromatic nitrogens is 1. The first-order valence-electron chi connectivity index (χ1n) is 2.75. The van der Waals surface area contributed by atoms with E-state index in [2.05, 4.69) is 9.68 Å². The number of anilines is 1. The van der Waals surface area contributed by atoms with Crippen molar-refractivity contribution in [1.82, 2.24) is 5.16 Å². The van der Waals surface area contributed by atoms with E-state index in [1.165, 1.54) is 0 Å². The quantitative estimate of drug-likeness (QED) is 0.685. The van der Waals surface area contributed by atoms with Crippen LogP contribution in [0.15, 0.2) is 10.6 Å². The number of alkyl halides is 3. The molecule has 1 aromatic rings. The number of hydrogen-bond acceptors (Lipinski definition) is 3. The van der Waals surface area contributed by atoms with Crippen LogP contribution >= 0.6 is 0 Å². The number of nitrogen functional groups attached to an aromatic ring is 1. The van der Waals surface area contributed by atoms with E-state index in [9.17, 15) is 13.2 Å². The van der Waals surface area contributed by atoms with Crippen LogP contribution in [0.4, 0.5) is 19.0 Å². The number of nitrogens with zero attached hydrogens (tertiary/aromatic N) is 1. The van der Waals surface area contributed by atoms with Crippen molar-refractivity contribution in [3.8, 4) is 0 Å². The molecule has 1 heterocycles. The molecule has 11 heavy (non-hydrogen) atoms. The number of rotatable bonds is 1. The lowest BCUT2D eigenvalue weighted by Gasteiger charge is -2.00. The SMILES string of the molecule is Nc1cc(CC(F)(F)F)on1. The number of hydrogen-bond donors (Lipinski definition) is 1. The molecule has 0 aliphatic rings. The van der Waals surface area contributed by atoms with Gasteiger partial charge in [-0.3, -0.25) is 0 Å². The summed E-state index contributed by atoms with van der Waals surface area (Å²) in [7, 11) is 0. The van der Waals surface area contributed by atoms with Crippen LogP contribution in [0, 0.1) is 0 Å². The molecule has 0 saturated carbocycles. The van der Waals surface area contributed by atoms with Crippen LogP contribution in [0.3, 0.4) is 0 Å². The zero-order valence-corrected chi connectivity index (χ0v) is 5.35. The molecule has 0 aromatic carbocycles. The van der Waals surface area contributed by atoms with Crippen LogP contribution in [0.2, 0.25) is 0 Å². The minimum absolute atomic E-state index is 0.0377. The van der Waals surface area contributed by atoms with E-state index < -0.39 is 12.6 Å². The fourth-order valence-electron chi connectivity index (χ4n) is 0.610. The van der Waals surface area contributed by atoms with Gasteiger partial charge < -0.3 is 10.3 Å². The van der Waals surface area contributed by atoms with Gasteiger partial charge in [0.05, 0.1) is 0 Å². The molecule has 2 N–H and O–H groups in total. The van der Waals surface area contributed by atoms with E-state index in [-0.39, 0.29) is 11.6 Å². The third-order valence-corrected chi connectivity index (χ3v) is 0.952. The monoisotopic (exact) mass is 166 g/mol. The van der Waals surface area contributed by atoms with Gasteiger partial charge in [-0.15, -0.1) is 0 Å². The molecule has 0 bridgehead atoms. The van der Waals surface area contributed by atoms with Gasteiger partial charge in [0.25, 0.3) is 0 Å². The topological polar surface area (TPSA) is 52.0 Å². The minimum atomic E-state index is -4.27. The highest BCUT2D eigenvalue weighted by Crippen LogP contribution is 2.21. The third-order valence-electron chi connectivity index (χ3n) is 0.952. The average molecular weight is 166 g/mol. The molecular weight excluding hydrogens is 161 g/mol. The summed E-state index contributed by atoms with van der Waals surface area (Å²) in [5.41, 5.74) is 5.03. The lowest BCUT2D eigenvalue weighted by Crippen LogP contribution is -2.10. The predicted molar refractivity (Wildman–Crippen MR) is 30.7 cm³/mol. The first-order valence-corrected chi connectivity index (χ1v) is 2.75. The van der Waals surface area contributed by atoms with Crippen LogP contribution in [0.5, 0.6) is 0 Å². The summed E-state index contributed by atoms with van der Waals surface area (Å²) in [4.78, 5) is 0. The molecule has 0 aliphatic carbocycles. The van der Waals surface area contributed by atoms with Crippen molar-refractivity contribution >= 4 is 5.82 Å². The Morgan fingerprint density at radius 2 is 2.18 bits per heavy atom. The van der Waals surface area contributed by atoms with Gasteiger partial charge in [-0.05, 0) is 0 Å². The van der Waals surface area contributed by atoms with Crippen LogP contribution in [-0.4, -0.2) is 11.3 Å². The van der Waals surface area contributed by atoms with Crippen LogP contribution in [0.25, 0.3) is 0 Å². The first-order chi connectivity index (χ1) is 4.97. The van der Waals surface area contributed by atoms with Gasteiger partial charge in [-0.1, -0.05) is 5.16 Å². The first kappa shape index (κ1) is 7.90. The molecule has 0 atom stereocenters. The normalized spacial score (nSPS) is 11.9. The highest BCUT2D eigenvalue weighted by molar-refractivity contribution is 5.26. The molecule has 0 saturated heterocycles. The van der Waals surface area contributed by atoms with Crippen LogP contribution in [0.1, 0.15) is 5.76 Å². The summed E-state index contributed by atoms with van der Waals surface area (Å²) in [6.07, 6.45) is -5.40. The average Bonchev–Trinajstić information content (AvgIpc) is 2.10. The van der Waals surface area contributed by atoms with Gasteiger partial charge in [-0.25, -0.2) is 0 Å². The molecule has 0 radical (unpaired) electrons. The Bertz CT molecular complexity index is 242. The standard InChI is InChI=1S/C5H5F3N2O/c6-5(7,8)2-3-1-4(9)10-11-3/h1H,2H2,(H2,9,10). The maximum Gasteiger partial charge on any atom is 0.396 e. The summed E-state index contributed by atoms with van der Waals surface area (Å²) < 4.78 is 39.1. The van der Waals surface area contributed by atoms with Crippen molar-refractivity contribution in [2.75, 3.05) is 5.73 Å². The second-order valence-electron chi connectivity index (χ2n) is 2.01. The Morgan fingerprint density at radius 1 is 1.55 bits per heavy atom. The minimum Gasteiger partial charge on any atom is -0.381 e. The Morgan fingerprint density at radius 3 is 2.55 bits per heavy atom. The van der Waals surface area contributed by atoms with Gasteiger partial charge in [0.2, 0.25) is 0 Å². The molecule has 0 spiro atoms. The zero-order chi connectivity index (χ0) is 8.48. The summed E-state index contributed by atoms with van der Waals surface area (Å²) in [6, 6.07) is 1.05. The van der Waals surface area contributed by atoms with Crippen LogP contribution in [-0.2, 0) is 6.42 Å². The van der Waals surface area contributed by atoms with Gasteiger partial charge >= 0.3 is 6.18 Å². The van der Waals surface area contributed by atoms with Crippen molar-refractivity contribution in [1.29, 1.82) is 0 Å². The molecule has 0 aliphatic heterocycles. The van der Waals surface area contributed by atoms with E-state index in [1.807, 2.05) is 0 Å². The van der Waals surface area contributed by atoms with E-state index >= 15 is 0 Å². The fourth-order valence-corrected chi connectivity index (χ4v) is 0.610. The molecule has 0 fully saturated rings. The number of halogens is 3. The van der Waals surface area contributed by atoms with E-state index in [0.717, 1.165) is 6.07 Å². The molecule has 62 valence electrons. The van der Waals surface area contributed by atoms with Crippen molar-refractivity contribution in [3.63, 3.8) is 0 Å². The summed E-state index contributed by atoms with van der Waals surface area (Å²) in [6.45, 7) is 0. The second-order valence-corrected chi connectivity index (χ2v) is 2.01. The maximum absolute atomic E-state index is 11.6. The summed E-state index contributed by atoms with van der Waals surface area (Å²) in [5, 5.41) is 3.10. The fraction of sp³-hybridized carbons (Fsp3) is 0.400. The van der Waals surface area contributed by atoms with Crippen molar-refractivity contribution in [3.05, 3.63) is 11.8 Å². The van der Waals surface area contributed by atoms with Gasteiger partial charge in [-0.2, -0.15) is 13.2 Å². The second kappa shape index (κ2) is 2.44. The van der Waals surface area contributed by atoms with Crippen LogP contribution < -0.4 is 5.73 Å². The highest BCUT2D eigenvalue weighted by Gasteiger charge is 2.29. The largest absolute Gasteiger partial charge is 0.396 e. The Hall–Kier alpha value is -1.20. The van der Waals surface area contributed by atoms with Crippen molar-refractivity contribution in [2.24, 2.45) is 0 Å². The molecule has 1 aromatic heterocycles. The van der Waals surface area contributed by atoms with Gasteiger partial charge in [0.15, 0.2) is 5.82 Å². The van der Waals surface area contributed by atoms with E-state index in [0.29, 0.717) is 0 Å². The van der Waals surface area contributed by atoms with Crippen molar-refractivity contribution < 1.29 is 17.7 Å². The summed E-state index contributed by atoms with van der Waals surface area (Å²) >= 11 is 0. The lowest BCUT2D eigenvalue weighted by atomic mass is 10.3. The van der Waals surface area contributed by atoms with Crippen molar-refractivity contribution in [2.45, 2.75) is 12.6 Å². The molecule has 6 heteroatoms. The molecule has 0 amide bonds. The molecule has 1 rings (SSSR count). The smallest absolute Gasteiger partial charge is 0.381 e. The molecular formula is C5H5F3N2O. The third kappa shape index (κ3) is 2.48. The zero-order valence-electron chi connectivity index (χ0n) is 5.35. The maximum atomic E-state index is 11.6. The highest BCUT2D eigenvalue weighted by atomic mass is 19.4. The van der Waals surface area contributed by atoms with Gasteiger partial charge in [0, 0.05) is 6.07 Å². The van der Waals surface area contributed by atoms with E-state index in [4.69, 9.17) is 5.73 Å². The predicted octanol–water partition coefficient (Wildman–Crippen LogP) is 1.36. The van der Waals surface area contributed by atoms with E-state index in [1.54, 1.807) is 0 Å². The molecule has 3 nitrogen and oxygen atoms in total. The Balaban J connectivity index is 2.65. The lowest BCUT2D eigenvalue weighted by molar-refractivity contribution is -0.130. The molecule has 0 unspecified atom stereocenters.